The molecule has 2 aromatic carbocycles. The smallest absolute Gasteiger partial charge is 0.339 e. The van der Waals surface area contributed by atoms with Gasteiger partial charge in [-0.3, -0.25) is 0 Å². The quantitative estimate of drug-likeness (QED) is 0.924. The predicted molar refractivity (Wildman–Crippen MR) is 76.5 cm³/mol. The number of carboxylic acids is 1. The molecule has 1 aliphatic carbocycles. The summed E-state index contributed by atoms with van der Waals surface area (Å²) in [5.41, 5.74) is 3.78. The van der Waals surface area contributed by atoms with Crippen molar-refractivity contribution in [1.82, 2.24) is 0 Å². The molecule has 0 saturated heterocycles. The highest BCUT2D eigenvalue weighted by atomic mass is 16.5. The number of aromatic carboxylic acids is 1. The summed E-state index contributed by atoms with van der Waals surface area (Å²) in [4.78, 5) is 11.2. The van der Waals surface area contributed by atoms with Gasteiger partial charge in [0.25, 0.3) is 0 Å². The topological polar surface area (TPSA) is 46.5 Å². The molecule has 3 heteroatoms. The molecule has 0 bridgehead atoms. The molecule has 1 unspecified atom stereocenters. The van der Waals surface area contributed by atoms with Crippen LogP contribution < -0.4 is 4.74 Å². The standard InChI is InChI=1S/C17H16O3/c1-11-5-4-8-15(17(18)19)16(11)20-10-13-9-12-6-2-3-7-14(12)13/h2-8,13H,9-10H2,1H3,(H,18,19). The molecular formula is C17H16O3. The zero-order chi connectivity index (χ0) is 14.1. The monoisotopic (exact) mass is 268 g/mol. The van der Waals surface area contributed by atoms with Crippen molar-refractivity contribution in [3.63, 3.8) is 0 Å². The third-order valence-electron chi connectivity index (χ3n) is 3.83. The van der Waals surface area contributed by atoms with Gasteiger partial charge in [-0.05, 0) is 36.1 Å². The summed E-state index contributed by atoms with van der Waals surface area (Å²) in [6, 6.07) is 13.5. The first-order valence-electron chi connectivity index (χ1n) is 6.70. The van der Waals surface area contributed by atoms with Crippen LogP contribution in [0.1, 0.15) is 33.0 Å². The summed E-state index contributed by atoms with van der Waals surface area (Å²) in [5, 5.41) is 9.20. The minimum absolute atomic E-state index is 0.234. The average Bonchev–Trinajstić information content (AvgIpc) is 2.41. The molecule has 1 N–H and O–H groups in total. The molecular weight excluding hydrogens is 252 g/mol. The van der Waals surface area contributed by atoms with E-state index in [1.807, 2.05) is 25.1 Å². The number of rotatable bonds is 4. The van der Waals surface area contributed by atoms with Crippen LogP contribution in [0.4, 0.5) is 0 Å². The first-order chi connectivity index (χ1) is 9.66. The first kappa shape index (κ1) is 12.7. The minimum atomic E-state index is -0.947. The summed E-state index contributed by atoms with van der Waals surface area (Å²) in [5.74, 6) is -0.0884. The number of carbonyl (C=O) groups is 1. The number of aryl methyl sites for hydroxylation is 1. The Kier molecular flexibility index (Phi) is 3.18. The zero-order valence-corrected chi connectivity index (χ0v) is 11.3. The number of hydrogen-bond donors (Lipinski definition) is 1. The van der Waals surface area contributed by atoms with E-state index in [4.69, 9.17) is 4.74 Å². The number of hydrogen-bond acceptors (Lipinski definition) is 2. The highest BCUT2D eigenvalue weighted by Gasteiger charge is 2.26. The summed E-state index contributed by atoms with van der Waals surface area (Å²) in [6.45, 7) is 2.40. The molecule has 1 atom stereocenters. The first-order valence-corrected chi connectivity index (χ1v) is 6.70. The molecule has 0 spiro atoms. The molecule has 0 saturated carbocycles. The van der Waals surface area contributed by atoms with Crippen LogP contribution in [-0.4, -0.2) is 17.7 Å². The Morgan fingerprint density at radius 3 is 2.80 bits per heavy atom. The molecule has 0 aromatic heterocycles. The number of fused-ring (bicyclic) bond motifs is 1. The lowest BCUT2D eigenvalue weighted by Gasteiger charge is -2.30. The molecule has 20 heavy (non-hydrogen) atoms. The second kappa shape index (κ2) is 5.00. The molecule has 3 rings (SSSR count). The lowest BCUT2D eigenvalue weighted by Crippen LogP contribution is -2.23. The van der Waals surface area contributed by atoms with E-state index in [2.05, 4.69) is 12.1 Å². The molecule has 0 fully saturated rings. The number of ether oxygens (including phenoxy) is 1. The van der Waals surface area contributed by atoms with Crippen molar-refractivity contribution in [2.75, 3.05) is 6.61 Å². The molecule has 2 aromatic rings. The minimum Gasteiger partial charge on any atom is -0.492 e. The maximum absolute atomic E-state index is 11.2. The van der Waals surface area contributed by atoms with E-state index in [1.165, 1.54) is 11.1 Å². The Morgan fingerprint density at radius 1 is 1.25 bits per heavy atom. The maximum Gasteiger partial charge on any atom is 0.339 e. The molecule has 0 amide bonds. The van der Waals surface area contributed by atoms with Crippen LogP contribution >= 0.6 is 0 Å². The lowest BCUT2D eigenvalue weighted by atomic mass is 9.78. The normalized spacial score (nSPS) is 16.1. The van der Waals surface area contributed by atoms with Gasteiger partial charge >= 0.3 is 5.97 Å². The van der Waals surface area contributed by atoms with E-state index in [-0.39, 0.29) is 5.56 Å². The van der Waals surface area contributed by atoms with Crippen molar-refractivity contribution in [3.8, 4) is 5.75 Å². The highest BCUT2D eigenvalue weighted by molar-refractivity contribution is 5.91. The van der Waals surface area contributed by atoms with Crippen molar-refractivity contribution >= 4 is 5.97 Å². The van der Waals surface area contributed by atoms with E-state index in [0.717, 1.165) is 12.0 Å². The molecule has 1 aliphatic rings. The number of benzene rings is 2. The van der Waals surface area contributed by atoms with Crippen LogP contribution in [0.15, 0.2) is 42.5 Å². The third-order valence-corrected chi connectivity index (χ3v) is 3.83. The van der Waals surface area contributed by atoms with E-state index >= 15 is 0 Å². The summed E-state index contributed by atoms with van der Waals surface area (Å²) in [7, 11) is 0. The van der Waals surface area contributed by atoms with Gasteiger partial charge in [-0.2, -0.15) is 0 Å². The average molecular weight is 268 g/mol. The third kappa shape index (κ3) is 2.16. The van der Waals surface area contributed by atoms with Crippen molar-refractivity contribution in [2.45, 2.75) is 19.3 Å². The molecule has 0 heterocycles. The van der Waals surface area contributed by atoms with Crippen LogP contribution in [0.25, 0.3) is 0 Å². The van der Waals surface area contributed by atoms with E-state index in [0.29, 0.717) is 18.3 Å². The fraction of sp³-hybridized carbons (Fsp3) is 0.235. The van der Waals surface area contributed by atoms with Crippen molar-refractivity contribution in [3.05, 3.63) is 64.7 Å². The fourth-order valence-electron chi connectivity index (χ4n) is 2.71. The molecule has 0 aliphatic heterocycles. The second-order valence-electron chi connectivity index (χ2n) is 5.17. The summed E-state index contributed by atoms with van der Waals surface area (Å²) < 4.78 is 5.81. The van der Waals surface area contributed by atoms with Crippen LogP contribution in [0.5, 0.6) is 5.75 Å². The Morgan fingerprint density at radius 2 is 2.05 bits per heavy atom. The van der Waals surface area contributed by atoms with Crippen molar-refractivity contribution < 1.29 is 14.6 Å². The van der Waals surface area contributed by atoms with Crippen molar-refractivity contribution in [1.29, 1.82) is 0 Å². The van der Waals surface area contributed by atoms with Gasteiger partial charge in [-0.25, -0.2) is 4.79 Å². The number of para-hydroxylation sites is 1. The zero-order valence-electron chi connectivity index (χ0n) is 11.3. The van der Waals surface area contributed by atoms with E-state index in [1.54, 1.807) is 12.1 Å². The predicted octanol–water partition coefficient (Wildman–Crippen LogP) is 3.41. The summed E-state index contributed by atoms with van der Waals surface area (Å²) >= 11 is 0. The largest absolute Gasteiger partial charge is 0.492 e. The SMILES string of the molecule is Cc1cccc(C(=O)O)c1OCC1Cc2ccccc21. The fourth-order valence-corrected chi connectivity index (χ4v) is 2.71. The molecule has 0 radical (unpaired) electrons. The van der Waals surface area contributed by atoms with E-state index in [9.17, 15) is 9.90 Å². The van der Waals surface area contributed by atoms with Gasteiger partial charge in [0.05, 0.1) is 6.61 Å². The molecule has 3 nitrogen and oxygen atoms in total. The summed E-state index contributed by atoms with van der Waals surface area (Å²) in [6.07, 6.45) is 1.00. The Bertz CT molecular complexity index is 661. The Hall–Kier alpha value is -2.29. The van der Waals surface area contributed by atoms with Crippen LogP contribution in [0, 0.1) is 6.92 Å². The van der Waals surface area contributed by atoms with Crippen LogP contribution in [0.3, 0.4) is 0 Å². The van der Waals surface area contributed by atoms with E-state index < -0.39 is 5.97 Å². The van der Waals surface area contributed by atoms with Gasteiger partial charge in [0.15, 0.2) is 0 Å². The van der Waals surface area contributed by atoms with Gasteiger partial charge < -0.3 is 9.84 Å². The molecule has 102 valence electrons. The second-order valence-corrected chi connectivity index (χ2v) is 5.17. The Labute approximate surface area is 117 Å². The van der Waals surface area contributed by atoms with Gasteiger partial charge in [-0.15, -0.1) is 0 Å². The number of carboxylic acid groups (broad SMARTS) is 1. The van der Waals surface area contributed by atoms with Crippen LogP contribution in [-0.2, 0) is 6.42 Å². The van der Waals surface area contributed by atoms with Gasteiger partial charge in [0.1, 0.15) is 11.3 Å². The lowest BCUT2D eigenvalue weighted by molar-refractivity contribution is 0.0691. The Balaban J connectivity index is 1.76. The van der Waals surface area contributed by atoms with Gasteiger partial charge in [0, 0.05) is 5.92 Å². The van der Waals surface area contributed by atoms with Crippen LogP contribution in [0.2, 0.25) is 0 Å². The highest BCUT2D eigenvalue weighted by Crippen LogP contribution is 2.35. The van der Waals surface area contributed by atoms with Gasteiger partial charge in [-0.1, -0.05) is 36.4 Å². The van der Waals surface area contributed by atoms with Gasteiger partial charge in [0.2, 0.25) is 0 Å². The van der Waals surface area contributed by atoms with Crippen molar-refractivity contribution in [2.24, 2.45) is 0 Å². The maximum atomic E-state index is 11.2.